The van der Waals surface area contributed by atoms with E-state index in [1.807, 2.05) is 18.2 Å². The van der Waals surface area contributed by atoms with Gasteiger partial charge in [-0.15, -0.1) is 0 Å². The van der Waals surface area contributed by atoms with Gasteiger partial charge in [0, 0.05) is 6.42 Å². The van der Waals surface area contributed by atoms with Crippen LogP contribution in [0.2, 0.25) is 0 Å². The van der Waals surface area contributed by atoms with E-state index in [9.17, 15) is 24.6 Å². The summed E-state index contributed by atoms with van der Waals surface area (Å²) in [6, 6.07) is 14.0. The van der Waals surface area contributed by atoms with E-state index in [2.05, 4.69) is 10.6 Å². The minimum absolute atomic E-state index is 0.0688. The van der Waals surface area contributed by atoms with Crippen molar-refractivity contribution in [2.75, 3.05) is 6.54 Å². The van der Waals surface area contributed by atoms with Crippen LogP contribution in [-0.2, 0) is 27.2 Å². The van der Waals surface area contributed by atoms with Gasteiger partial charge in [0.25, 0.3) is 0 Å². The molecule has 0 radical (unpaired) electrons. The quantitative estimate of drug-likeness (QED) is 0.560. The van der Waals surface area contributed by atoms with E-state index in [0.717, 1.165) is 5.56 Å². The fourth-order valence-electron chi connectivity index (χ4n) is 2.34. The summed E-state index contributed by atoms with van der Waals surface area (Å²) in [5.74, 6) is -2.01. The second-order valence-corrected chi connectivity index (χ2v) is 5.77. The van der Waals surface area contributed by atoms with Gasteiger partial charge in [0.2, 0.25) is 11.8 Å². The number of aliphatic carboxylic acids is 1. The molecule has 0 spiro atoms. The van der Waals surface area contributed by atoms with Crippen molar-refractivity contribution in [2.45, 2.75) is 18.9 Å². The van der Waals surface area contributed by atoms with Crippen molar-refractivity contribution in [1.82, 2.24) is 10.6 Å². The highest BCUT2D eigenvalue weighted by molar-refractivity contribution is 5.88. The Labute approximate surface area is 150 Å². The molecule has 26 heavy (non-hydrogen) atoms. The predicted octanol–water partition coefficient (Wildman–Crippen LogP) is 0.863. The maximum atomic E-state index is 11.9. The summed E-state index contributed by atoms with van der Waals surface area (Å²) in [5.41, 5.74) is 1.48. The van der Waals surface area contributed by atoms with Crippen LogP contribution in [0.3, 0.4) is 0 Å². The minimum Gasteiger partial charge on any atom is -0.508 e. The van der Waals surface area contributed by atoms with Gasteiger partial charge in [0.15, 0.2) is 0 Å². The number of hydrogen-bond acceptors (Lipinski definition) is 4. The van der Waals surface area contributed by atoms with Crippen molar-refractivity contribution in [1.29, 1.82) is 0 Å². The van der Waals surface area contributed by atoms with Crippen LogP contribution in [0.25, 0.3) is 0 Å². The smallest absolute Gasteiger partial charge is 0.326 e. The van der Waals surface area contributed by atoms with Gasteiger partial charge in [-0.2, -0.15) is 0 Å². The van der Waals surface area contributed by atoms with Gasteiger partial charge < -0.3 is 20.8 Å². The third-order valence-electron chi connectivity index (χ3n) is 3.66. The maximum Gasteiger partial charge on any atom is 0.326 e. The molecule has 7 heteroatoms. The fourth-order valence-corrected chi connectivity index (χ4v) is 2.34. The van der Waals surface area contributed by atoms with Gasteiger partial charge in [0.1, 0.15) is 11.8 Å². The van der Waals surface area contributed by atoms with E-state index in [1.165, 1.54) is 12.1 Å². The van der Waals surface area contributed by atoms with Gasteiger partial charge in [0.05, 0.1) is 13.0 Å². The average molecular weight is 356 g/mol. The Hall–Kier alpha value is -3.35. The molecule has 2 aromatic rings. The minimum atomic E-state index is -1.18. The molecule has 1 atom stereocenters. The number of benzene rings is 2. The first-order valence-electron chi connectivity index (χ1n) is 8.05. The van der Waals surface area contributed by atoms with Crippen molar-refractivity contribution in [3.8, 4) is 5.75 Å². The zero-order valence-electron chi connectivity index (χ0n) is 14.0. The number of hydrogen-bond donors (Lipinski definition) is 4. The van der Waals surface area contributed by atoms with Crippen molar-refractivity contribution in [3.05, 3.63) is 65.7 Å². The number of amides is 2. The average Bonchev–Trinajstić information content (AvgIpc) is 2.62. The Kier molecular flexibility index (Phi) is 6.73. The lowest BCUT2D eigenvalue weighted by atomic mass is 10.1. The monoisotopic (exact) mass is 356 g/mol. The van der Waals surface area contributed by atoms with Gasteiger partial charge >= 0.3 is 5.97 Å². The number of carbonyl (C=O) groups is 3. The number of nitrogens with one attached hydrogen (secondary N) is 2. The first-order chi connectivity index (χ1) is 12.4. The van der Waals surface area contributed by atoms with Crippen LogP contribution in [0.15, 0.2) is 54.6 Å². The molecule has 2 rings (SSSR count). The van der Waals surface area contributed by atoms with Crippen molar-refractivity contribution < 1.29 is 24.6 Å². The lowest BCUT2D eigenvalue weighted by Crippen LogP contribution is -2.46. The molecule has 2 amide bonds. The summed E-state index contributed by atoms with van der Waals surface area (Å²) in [7, 11) is 0. The lowest BCUT2D eigenvalue weighted by Gasteiger charge is -2.15. The van der Waals surface area contributed by atoms with Crippen LogP contribution in [0.1, 0.15) is 11.1 Å². The molecule has 0 unspecified atom stereocenters. The molecule has 0 saturated carbocycles. The molecular formula is C19H20N2O5. The van der Waals surface area contributed by atoms with E-state index in [4.69, 9.17) is 0 Å². The number of carbonyl (C=O) groups excluding carboxylic acids is 2. The number of aromatic hydroxyl groups is 1. The largest absolute Gasteiger partial charge is 0.508 e. The molecule has 0 aromatic heterocycles. The third kappa shape index (κ3) is 6.27. The molecule has 0 aliphatic heterocycles. The second kappa shape index (κ2) is 9.22. The Balaban J connectivity index is 1.82. The highest BCUT2D eigenvalue weighted by Gasteiger charge is 2.20. The molecule has 4 N–H and O–H groups in total. The molecule has 0 fully saturated rings. The van der Waals surface area contributed by atoms with Crippen LogP contribution in [0, 0.1) is 0 Å². The lowest BCUT2D eigenvalue weighted by molar-refractivity contribution is -0.141. The first kappa shape index (κ1) is 19.0. The Bertz CT molecular complexity index is 759. The first-order valence-corrected chi connectivity index (χ1v) is 8.05. The normalized spacial score (nSPS) is 11.4. The predicted molar refractivity (Wildman–Crippen MR) is 94.5 cm³/mol. The number of phenolic OH excluding ortho intramolecular Hbond substituents is 1. The van der Waals surface area contributed by atoms with Crippen LogP contribution in [-0.4, -0.2) is 40.6 Å². The zero-order chi connectivity index (χ0) is 18.9. The van der Waals surface area contributed by atoms with Crippen molar-refractivity contribution in [2.24, 2.45) is 0 Å². The van der Waals surface area contributed by atoms with Crippen LogP contribution in [0.4, 0.5) is 0 Å². The summed E-state index contributed by atoms with van der Waals surface area (Å²) in [4.78, 5) is 35.1. The molecule has 7 nitrogen and oxygen atoms in total. The number of carboxylic acids is 1. The molecule has 0 bridgehead atoms. The number of phenols is 1. The molecule has 136 valence electrons. The molecular weight excluding hydrogens is 336 g/mol. The van der Waals surface area contributed by atoms with Gasteiger partial charge in [-0.05, 0) is 23.3 Å². The summed E-state index contributed by atoms with van der Waals surface area (Å²) in [6.45, 7) is -0.301. The van der Waals surface area contributed by atoms with Gasteiger partial charge in [-0.1, -0.05) is 42.5 Å². The molecule has 2 aromatic carbocycles. The van der Waals surface area contributed by atoms with Gasteiger partial charge in [-0.25, -0.2) is 4.79 Å². The highest BCUT2D eigenvalue weighted by atomic mass is 16.4. The van der Waals surface area contributed by atoms with Crippen LogP contribution in [0.5, 0.6) is 5.75 Å². The van der Waals surface area contributed by atoms with E-state index in [-0.39, 0.29) is 31.0 Å². The number of rotatable bonds is 8. The molecule has 0 heterocycles. The summed E-state index contributed by atoms with van der Waals surface area (Å²) < 4.78 is 0. The summed E-state index contributed by atoms with van der Waals surface area (Å²) in [6.07, 6.45) is 0.212. The molecule has 0 saturated heterocycles. The van der Waals surface area contributed by atoms with Crippen LogP contribution < -0.4 is 10.6 Å². The van der Waals surface area contributed by atoms with Crippen molar-refractivity contribution >= 4 is 17.8 Å². The molecule has 0 aliphatic carbocycles. The van der Waals surface area contributed by atoms with Crippen LogP contribution >= 0.6 is 0 Å². The number of carboxylic acid groups (broad SMARTS) is 1. The third-order valence-corrected chi connectivity index (χ3v) is 3.66. The van der Waals surface area contributed by atoms with E-state index in [1.54, 1.807) is 24.3 Å². The summed E-state index contributed by atoms with van der Waals surface area (Å²) in [5, 5.41) is 23.4. The van der Waals surface area contributed by atoms with E-state index in [0.29, 0.717) is 5.56 Å². The Morgan fingerprint density at radius 3 is 2.15 bits per heavy atom. The van der Waals surface area contributed by atoms with Gasteiger partial charge in [-0.3, -0.25) is 9.59 Å². The van der Waals surface area contributed by atoms with Crippen molar-refractivity contribution in [3.63, 3.8) is 0 Å². The SMILES string of the molecule is O=C(Cc1ccccc1)NCC(=O)N[C@@H](Cc1ccc(O)cc1)C(=O)O. The topological polar surface area (TPSA) is 116 Å². The Morgan fingerprint density at radius 2 is 1.54 bits per heavy atom. The summed E-state index contributed by atoms with van der Waals surface area (Å²) >= 11 is 0. The zero-order valence-corrected chi connectivity index (χ0v) is 14.0. The second-order valence-electron chi connectivity index (χ2n) is 5.77. The standard InChI is InChI=1S/C19H20N2O5/c22-15-8-6-14(7-9-15)10-16(19(25)26)21-18(24)12-20-17(23)11-13-4-2-1-3-5-13/h1-9,16,22H,10-12H2,(H,20,23)(H,21,24)(H,25,26)/t16-/m0/s1. The maximum absolute atomic E-state index is 11.9. The molecule has 0 aliphatic rings. The highest BCUT2D eigenvalue weighted by Crippen LogP contribution is 2.11. The van der Waals surface area contributed by atoms with E-state index >= 15 is 0 Å². The van der Waals surface area contributed by atoms with E-state index < -0.39 is 17.9 Å². The Morgan fingerprint density at radius 1 is 0.885 bits per heavy atom. The fraction of sp³-hybridized carbons (Fsp3) is 0.211.